The highest BCUT2D eigenvalue weighted by atomic mass is 32.1. The Hall–Kier alpha value is -2.77. The summed E-state index contributed by atoms with van der Waals surface area (Å²) in [4.78, 5) is 23.4. The van der Waals surface area contributed by atoms with Crippen LogP contribution in [0.5, 0.6) is 0 Å². The van der Waals surface area contributed by atoms with E-state index in [-0.39, 0.29) is 6.03 Å². The van der Waals surface area contributed by atoms with Crippen molar-refractivity contribution in [3.63, 3.8) is 0 Å². The second kappa shape index (κ2) is 6.62. The molecule has 3 aromatic heterocycles. The van der Waals surface area contributed by atoms with Gasteiger partial charge >= 0.3 is 6.03 Å². The summed E-state index contributed by atoms with van der Waals surface area (Å²) in [5.74, 6) is 0. The first-order valence-electron chi connectivity index (χ1n) is 7.63. The molecule has 0 bridgehead atoms. The number of nitrogens with zero attached hydrogens (tertiary/aromatic N) is 2. The Morgan fingerprint density at radius 2 is 1.56 bits per heavy atom. The number of hydrogen-bond donors (Lipinski definition) is 2. The van der Waals surface area contributed by atoms with Crippen molar-refractivity contribution >= 4 is 45.4 Å². The van der Waals surface area contributed by atoms with Crippen LogP contribution in [0.15, 0.2) is 53.2 Å². The Balaban J connectivity index is 1.89. The lowest BCUT2D eigenvalue weighted by Gasteiger charge is -2.09. The standard InChI is InChI=1S/C18H14N4OS2/c1-19-18(23)20-11-6-7-12-13(10-11)22-17(15-5-3-9-25-15)16(21-12)14-4-2-8-24-14/h2-10H,1H3,(H2,19,20,23). The number of amides is 2. The first-order chi connectivity index (χ1) is 12.2. The summed E-state index contributed by atoms with van der Waals surface area (Å²) >= 11 is 3.28. The van der Waals surface area contributed by atoms with E-state index in [1.165, 1.54) is 0 Å². The van der Waals surface area contributed by atoms with Gasteiger partial charge in [0.2, 0.25) is 0 Å². The van der Waals surface area contributed by atoms with Crippen molar-refractivity contribution in [1.29, 1.82) is 0 Å². The van der Waals surface area contributed by atoms with Crippen LogP contribution in [-0.4, -0.2) is 23.0 Å². The van der Waals surface area contributed by atoms with Gasteiger partial charge in [-0.2, -0.15) is 0 Å². The van der Waals surface area contributed by atoms with Crippen LogP contribution in [0, 0.1) is 0 Å². The lowest BCUT2D eigenvalue weighted by molar-refractivity contribution is 0.254. The molecule has 0 aliphatic heterocycles. The highest BCUT2D eigenvalue weighted by molar-refractivity contribution is 7.14. The molecule has 2 amide bonds. The normalized spacial score (nSPS) is 10.8. The fraction of sp³-hybridized carbons (Fsp3) is 0.0556. The Morgan fingerprint density at radius 3 is 2.12 bits per heavy atom. The largest absolute Gasteiger partial charge is 0.341 e. The van der Waals surface area contributed by atoms with Crippen LogP contribution < -0.4 is 10.6 Å². The molecular formula is C18H14N4OS2. The van der Waals surface area contributed by atoms with Gasteiger partial charge in [0.25, 0.3) is 0 Å². The summed E-state index contributed by atoms with van der Waals surface area (Å²) in [6.07, 6.45) is 0. The van der Waals surface area contributed by atoms with Crippen LogP contribution >= 0.6 is 22.7 Å². The zero-order chi connectivity index (χ0) is 17.2. The van der Waals surface area contributed by atoms with Gasteiger partial charge in [-0.05, 0) is 41.1 Å². The van der Waals surface area contributed by atoms with E-state index in [4.69, 9.17) is 9.97 Å². The van der Waals surface area contributed by atoms with Crippen molar-refractivity contribution in [1.82, 2.24) is 15.3 Å². The predicted octanol–water partition coefficient (Wildman–Crippen LogP) is 4.84. The maximum Gasteiger partial charge on any atom is 0.318 e. The number of hydrogen-bond acceptors (Lipinski definition) is 5. The molecule has 0 saturated heterocycles. The fourth-order valence-corrected chi connectivity index (χ4v) is 3.93. The first-order valence-corrected chi connectivity index (χ1v) is 9.39. The maximum atomic E-state index is 11.5. The molecule has 0 aliphatic rings. The Bertz CT molecular complexity index is 1030. The summed E-state index contributed by atoms with van der Waals surface area (Å²) in [5, 5.41) is 9.38. The van der Waals surface area contributed by atoms with E-state index in [0.717, 1.165) is 32.2 Å². The molecule has 0 unspecified atom stereocenters. The van der Waals surface area contributed by atoms with Crippen molar-refractivity contribution < 1.29 is 4.79 Å². The first kappa shape index (κ1) is 15.7. The predicted molar refractivity (Wildman–Crippen MR) is 104 cm³/mol. The van der Waals surface area contributed by atoms with Crippen molar-refractivity contribution in [3.8, 4) is 21.1 Å². The SMILES string of the molecule is CNC(=O)Nc1ccc2nc(-c3cccs3)c(-c3cccs3)nc2c1. The number of thiophene rings is 2. The minimum atomic E-state index is -0.263. The van der Waals surface area contributed by atoms with Crippen molar-refractivity contribution in [3.05, 3.63) is 53.2 Å². The third kappa shape index (κ3) is 3.11. The van der Waals surface area contributed by atoms with E-state index in [1.807, 2.05) is 47.2 Å². The minimum Gasteiger partial charge on any atom is -0.341 e. The van der Waals surface area contributed by atoms with E-state index in [9.17, 15) is 4.79 Å². The monoisotopic (exact) mass is 366 g/mol. The molecule has 3 heterocycles. The fourth-order valence-electron chi connectivity index (χ4n) is 2.50. The molecule has 4 aromatic rings. The Kier molecular flexibility index (Phi) is 4.17. The highest BCUT2D eigenvalue weighted by Crippen LogP contribution is 2.35. The quantitative estimate of drug-likeness (QED) is 0.545. The average molecular weight is 366 g/mol. The second-order valence-electron chi connectivity index (χ2n) is 5.28. The lowest BCUT2D eigenvalue weighted by atomic mass is 10.2. The molecule has 0 aliphatic carbocycles. The molecule has 0 spiro atoms. The van der Waals surface area contributed by atoms with Gasteiger partial charge in [0.15, 0.2) is 0 Å². The molecule has 124 valence electrons. The van der Waals surface area contributed by atoms with Gasteiger partial charge in [-0.1, -0.05) is 12.1 Å². The maximum absolute atomic E-state index is 11.5. The third-order valence-corrected chi connectivity index (χ3v) is 5.41. The Labute approximate surface area is 152 Å². The van der Waals surface area contributed by atoms with Crippen LogP contribution in [0.1, 0.15) is 0 Å². The number of carbonyl (C=O) groups is 1. The van der Waals surface area contributed by atoms with Crippen LogP contribution in [0.3, 0.4) is 0 Å². The van der Waals surface area contributed by atoms with Gasteiger partial charge in [-0.25, -0.2) is 14.8 Å². The van der Waals surface area contributed by atoms with Crippen molar-refractivity contribution in [2.75, 3.05) is 12.4 Å². The summed E-state index contributed by atoms with van der Waals surface area (Å²) in [5.41, 5.74) is 3.98. The highest BCUT2D eigenvalue weighted by Gasteiger charge is 2.15. The van der Waals surface area contributed by atoms with E-state index in [1.54, 1.807) is 29.7 Å². The second-order valence-corrected chi connectivity index (χ2v) is 7.18. The third-order valence-electron chi connectivity index (χ3n) is 3.66. The number of nitrogens with one attached hydrogen (secondary N) is 2. The van der Waals surface area contributed by atoms with Crippen LogP contribution in [0.25, 0.3) is 32.2 Å². The number of benzene rings is 1. The zero-order valence-corrected chi connectivity index (χ0v) is 14.9. The van der Waals surface area contributed by atoms with Gasteiger partial charge < -0.3 is 10.6 Å². The smallest absolute Gasteiger partial charge is 0.318 e. The molecule has 1 aromatic carbocycles. The van der Waals surface area contributed by atoms with Gasteiger partial charge in [0.05, 0.1) is 20.8 Å². The number of fused-ring (bicyclic) bond motifs is 1. The van der Waals surface area contributed by atoms with Gasteiger partial charge in [-0.3, -0.25) is 0 Å². The van der Waals surface area contributed by atoms with Crippen LogP contribution in [0.2, 0.25) is 0 Å². The van der Waals surface area contributed by atoms with E-state index < -0.39 is 0 Å². The number of rotatable bonds is 3. The van der Waals surface area contributed by atoms with E-state index in [0.29, 0.717) is 5.69 Å². The van der Waals surface area contributed by atoms with Crippen LogP contribution in [-0.2, 0) is 0 Å². The Morgan fingerprint density at radius 1 is 0.920 bits per heavy atom. The lowest BCUT2D eigenvalue weighted by Crippen LogP contribution is -2.24. The topological polar surface area (TPSA) is 66.9 Å². The molecule has 4 rings (SSSR count). The molecule has 7 heteroatoms. The number of aromatic nitrogens is 2. The van der Waals surface area contributed by atoms with E-state index in [2.05, 4.69) is 16.7 Å². The summed E-state index contributed by atoms with van der Waals surface area (Å²) in [6.45, 7) is 0. The zero-order valence-electron chi connectivity index (χ0n) is 13.3. The molecule has 25 heavy (non-hydrogen) atoms. The summed E-state index contributed by atoms with van der Waals surface area (Å²) in [6, 6.07) is 13.4. The summed E-state index contributed by atoms with van der Waals surface area (Å²) < 4.78 is 0. The van der Waals surface area contributed by atoms with Gasteiger partial charge in [-0.15, -0.1) is 22.7 Å². The summed E-state index contributed by atoms with van der Waals surface area (Å²) in [7, 11) is 1.58. The van der Waals surface area contributed by atoms with Crippen molar-refractivity contribution in [2.45, 2.75) is 0 Å². The number of anilines is 1. The van der Waals surface area contributed by atoms with Gasteiger partial charge in [0, 0.05) is 12.7 Å². The molecular weight excluding hydrogens is 352 g/mol. The van der Waals surface area contributed by atoms with Gasteiger partial charge in [0.1, 0.15) is 11.4 Å². The molecule has 0 saturated carbocycles. The number of carbonyl (C=O) groups excluding carboxylic acids is 1. The number of urea groups is 1. The molecule has 0 fully saturated rings. The average Bonchev–Trinajstić information content (AvgIpc) is 3.34. The molecule has 0 radical (unpaired) electrons. The molecule has 0 atom stereocenters. The van der Waals surface area contributed by atoms with E-state index >= 15 is 0 Å². The van der Waals surface area contributed by atoms with Crippen LogP contribution in [0.4, 0.5) is 10.5 Å². The van der Waals surface area contributed by atoms with Crippen molar-refractivity contribution in [2.24, 2.45) is 0 Å². The molecule has 5 nitrogen and oxygen atoms in total. The molecule has 2 N–H and O–H groups in total. The minimum absolute atomic E-state index is 0.263.